The molecular formula is C27H29N5O2. The van der Waals surface area contributed by atoms with E-state index in [1.54, 1.807) is 13.2 Å². The van der Waals surface area contributed by atoms with Gasteiger partial charge in [0.1, 0.15) is 0 Å². The number of amides is 3. The highest BCUT2D eigenvalue weighted by Gasteiger charge is 2.16. The van der Waals surface area contributed by atoms with Gasteiger partial charge in [0.25, 0.3) is 5.91 Å². The first-order valence-electron chi connectivity index (χ1n) is 11.1. The minimum atomic E-state index is -0.322. The fourth-order valence-corrected chi connectivity index (χ4v) is 3.86. The number of anilines is 2. The first kappa shape index (κ1) is 23.0. The molecule has 2 aromatic carbocycles. The second kappa shape index (κ2) is 9.02. The zero-order valence-electron chi connectivity index (χ0n) is 20.1. The average molecular weight is 456 g/mol. The van der Waals surface area contributed by atoms with E-state index in [-0.39, 0.29) is 17.4 Å². The quantitative estimate of drug-likeness (QED) is 0.374. The monoisotopic (exact) mass is 455 g/mol. The van der Waals surface area contributed by atoms with E-state index in [9.17, 15) is 9.59 Å². The Morgan fingerprint density at radius 3 is 2.38 bits per heavy atom. The lowest BCUT2D eigenvalue weighted by Crippen LogP contribution is -2.24. The second-order valence-corrected chi connectivity index (χ2v) is 9.26. The molecule has 0 aliphatic rings. The normalized spacial score (nSPS) is 11.3. The molecule has 4 aromatic rings. The van der Waals surface area contributed by atoms with Crippen molar-refractivity contribution in [3.8, 4) is 11.1 Å². The van der Waals surface area contributed by atoms with Crippen molar-refractivity contribution < 1.29 is 9.59 Å². The third-order valence-corrected chi connectivity index (χ3v) is 5.87. The third kappa shape index (κ3) is 4.64. The minimum absolute atomic E-state index is 0.0295. The number of fused-ring (bicyclic) bond motifs is 1. The molecule has 4 rings (SSSR count). The number of hydrogen-bond donors (Lipinski definition) is 3. The highest BCUT2D eigenvalue weighted by Crippen LogP contribution is 2.32. The largest absolute Gasteiger partial charge is 0.341 e. The van der Waals surface area contributed by atoms with E-state index in [1.807, 2.05) is 72.2 Å². The Hall–Kier alpha value is -4.13. The number of carbonyl (C=O) groups excluding carboxylic acids is 2. The first-order chi connectivity index (χ1) is 16.2. The molecule has 7 heteroatoms. The van der Waals surface area contributed by atoms with Crippen LogP contribution in [-0.4, -0.2) is 28.4 Å². The summed E-state index contributed by atoms with van der Waals surface area (Å²) in [4.78, 5) is 29.2. The summed E-state index contributed by atoms with van der Waals surface area (Å²) in [5.74, 6) is -0.159. The molecular weight excluding hydrogens is 426 g/mol. The number of aromatic nitrogens is 2. The van der Waals surface area contributed by atoms with Crippen molar-refractivity contribution in [1.82, 2.24) is 14.7 Å². The van der Waals surface area contributed by atoms with Crippen LogP contribution in [0.1, 0.15) is 42.3 Å². The molecule has 0 saturated heterocycles. The SMILES string of the molecule is CNC(=O)Nc1cc(-c2cccc(NC(=O)c3ccc(C(C)(C)C)cc3)c2C)cn2ccnc12. The van der Waals surface area contributed by atoms with E-state index >= 15 is 0 Å². The zero-order valence-corrected chi connectivity index (χ0v) is 20.1. The lowest BCUT2D eigenvalue weighted by Gasteiger charge is -2.19. The Kier molecular flexibility index (Phi) is 6.11. The number of carbonyl (C=O) groups is 2. The van der Waals surface area contributed by atoms with Crippen molar-refractivity contribution in [2.45, 2.75) is 33.1 Å². The maximum Gasteiger partial charge on any atom is 0.319 e. The van der Waals surface area contributed by atoms with Crippen molar-refractivity contribution in [3.05, 3.63) is 83.8 Å². The molecule has 3 amide bonds. The van der Waals surface area contributed by atoms with Crippen molar-refractivity contribution >= 4 is 29.0 Å². The summed E-state index contributed by atoms with van der Waals surface area (Å²) in [6.45, 7) is 8.41. The van der Waals surface area contributed by atoms with Crippen LogP contribution in [0.15, 0.2) is 67.1 Å². The van der Waals surface area contributed by atoms with Gasteiger partial charge in [0.15, 0.2) is 5.65 Å². The molecule has 0 saturated carbocycles. The standard InChI is InChI=1S/C27H29N5O2/c1-17-21(19-15-23(31-26(34)28-5)24-29-13-14-32(24)16-19)7-6-8-22(17)30-25(33)18-9-11-20(12-10-18)27(2,3)4/h6-16H,1-5H3,(H,30,33)(H2,28,31,34). The number of pyridine rings is 1. The summed E-state index contributed by atoms with van der Waals surface area (Å²) >= 11 is 0. The summed E-state index contributed by atoms with van der Waals surface area (Å²) < 4.78 is 1.86. The fraction of sp³-hybridized carbons (Fsp3) is 0.222. The number of rotatable bonds is 4. The van der Waals surface area contributed by atoms with Crippen LogP contribution >= 0.6 is 0 Å². The van der Waals surface area contributed by atoms with Gasteiger partial charge in [-0.2, -0.15) is 0 Å². The Morgan fingerprint density at radius 1 is 0.971 bits per heavy atom. The second-order valence-electron chi connectivity index (χ2n) is 9.26. The molecule has 0 spiro atoms. The molecule has 0 aliphatic heterocycles. The third-order valence-electron chi connectivity index (χ3n) is 5.87. The van der Waals surface area contributed by atoms with Crippen LogP contribution in [0.4, 0.5) is 16.2 Å². The van der Waals surface area contributed by atoms with Gasteiger partial charge < -0.3 is 20.4 Å². The molecule has 7 nitrogen and oxygen atoms in total. The van der Waals surface area contributed by atoms with Crippen LogP contribution < -0.4 is 16.0 Å². The Morgan fingerprint density at radius 2 is 1.71 bits per heavy atom. The lowest BCUT2D eigenvalue weighted by molar-refractivity contribution is 0.102. The van der Waals surface area contributed by atoms with Crippen molar-refractivity contribution in [2.24, 2.45) is 0 Å². The minimum Gasteiger partial charge on any atom is -0.341 e. The van der Waals surface area contributed by atoms with Crippen LogP contribution in [0.2, 0.25) is 0 Å². The molecule has 0 aliphatic carbocycles. The molecule has 0 unspecified atom stereocenters. The number of hydrogen-bond acceptors (Lipinski definition) is 3. The van der Waals surface area contributed by atoms with Gasteiger partial charge >= 0.3 is 6.03 Å². The van der Waals surface area contributed by atoms with E-state index in [0.29, 0.717) is 16.9 Å². The van der Waals surface area contributed by atoms with Gasteiger partial charge in [0, 0.05) is 42.5 Å². The molecule has 2 aromatic heterocycles. The van der Waals surface area contributed by atoms with Gasteiger partial charge in [-0.3, -0.25) is 4.79 Å². The van der Waals surface area contributed by atoms with Crippen LogP contribution in [0, 0.1) is 6.92 Å². The van der Waals surface area contributed by atoms with E-state index < -0.39 is 0 Å². The summed E-state index contributed by atoms with van der Waals surface area (Å²) in [6, 6.07) is 15.1. The van der Waals surface area contributed by atoms with Crippen molar-refractivity contribution in [1.29, 1.82) is 0 Å². The lowest BCUT2D eigenvalue weighted by atomic mass is 9.86. The molecule has 2 heterocycles. The van der Waals surface area contributed by atoms with Crippen LogP contribution in [0.3, 0.4) is 0 Å². The Labute approximate surface area is 199 Å². The average Bonchev–Trinajstić information content (AvgIpc) is 3.29. The summed E-state index contributed by atoms with van der Waals surface area (Å²) in [7, 11) is 1.56. The predicted octanol–water partition coefficient (Wildman–Crippen LogP) is 5.61. The maximum atomic E-state index is 12.9. The molecule has 3 N–H and O–H groups in total. The fourth-order valence-electron chi connectivity index (χ4n) is 3.86. The molecule has 0 atom stereocenters. The number of urea groups is 1. The summed E-state index contributed by atoms with van der Waals surface area (Å²) in [5, 5.41) is 8.44. The summed E-state index contributed by atoms with van der Waals surface area (Å²) in [5.41, 5.74) is 6.54. The summed E-state index contributed by atoms with van der Waals surface area (Å²) in [6.07, 6.45) is 5.47. The highest BCUT2D eigenvalue weighted by molar-refractivity contribution is 6.05. The maximum absolute atomic E-state index is 12.9. The molecule has 0 radical (unpaired) electrons. The number of nitrogens with zero attached hydrogens (tertiary/aromatic N) is 2. The van der Waals surface area contributed by atoms with E-state index in [2.05, 4.69) is 41.7 Å². The van der Waals surface area contributed by atoms with Gasteiger partial charge in [0.05, 0.1) is 5.69 Å². The smallest absolute Gasteiger partial charge is 0.319 e. The van der Waals surface area contributed by atoms with Gasteiger partial charge in [0.2, 0.25) is 0 Å². The predicted molar refractivity (Wildman–Crippen MR) is 137 cm³/mol. The van der Waals surface area contributed by atoms with Crippen LogP contribution in [0.25, 0.3) is 16.8 Å². The Bertz CT molecular complexity index is 1360. The van der Waals surface area contributed by atoms with Crippen LogP contribution in [0.5, 0.6) is 0 Å². The number of benzene rings is 2. The van der Waals surface area contributed by atoms with Gasteiger partial charge in [-0.15, -0.1) is 0 Å². The number of imidazole rings is 1. The zero-order chi connectivity index (χ0) is 24.5. The topological polar surface area (TPSA) is 87.5 Å². The number of nitrogens with one attached hydrogen (secondary N) is 3. The van der Waals surface area contributed by atoms with Crippen molar-refractivity contribution in [3.63, 3.8) is 0 Å². The highest BCUT2D eigenvalue weighted by atomic mass is 16.2. The van der Waals surface area contributed by atoms with Gasteiger partial charge in [-0.05, 0) is 53.3 Å². The van der Waals surface area contributed by atoms with E-state index in [4.69, 9.17) is 0 Å². The molecule has 0 fully saturated rings. The van der Waals surface area contributed by atoms with Gasteiger partial charge in [-0.1, -0.05) is 45.0 Å². The van der Waals surface area contributed by atoms with Gasteiger partial charge in [-0.25, -0.2) is 9.78 Å². The van der Waals surface area contributed by atoms with Crippen molar-refractivity contribution in [2.75, 3.05) is 17.7 Å². The molecule has 34 heavy (non-hydrogen) atoms. The van der Waals surface area contributed by atoms with E-state index in [0.717, 1.165) is 22.4 Å². The molecule has 174 valence electrons. The molecule has 0 bridgehead atoms. The van der Waals surface area contributed by atoms with Crippen LogP contribution in [-0.2, 0) is 5.41 Å². The van der Waals surface area contributed by atoms with E-state index in [1.165, 1.54) is 5.56 Å². The Balaban J connectivity index is 1.65. The first-order valence-corrected chi connectivity index (χ1v) is 11.1.